The first kappa shape index (κ1) is 9.97. The maximum Gasteiger partial charge on any atom is 0.141 e. The minimum absolute atomic E-state index is 0.601. The van der Waals surface area contributed by atoms with Crippen molar-refractivity contribution in [1.82, 2.24) is 9.97 Å². The predicted molar refractivity (Wildman–Crippen MR) is 66.7 cm³/mol. The Hall–Kier alpha value is -1.22. The average molecular weight is 230 g/mol. The van der Waals surface area contributed by atoms with Crippen molar-refractivity contribution in [3.63, 3.8) is 0 Å². The number of hydrogen-bond acceptors (Lipinski definition) is 3. The number of rotatable bonds is 1. The van der Waals surface area contributed by atoms with Gasteiger partial charge < -0.3 is 0 Å². The molecule has 2 nitrogen and oxygen atoms in total. The van der Waals surface area contributed by atoms with Gasteiger partial charge in [-0.1, -0.05) is 13.0 Å². The second-order valence-electron chi connectivity index (χ2n) is 4.37. The Bertz CT molecular complexity index is 491. The van der Waals surface area contributed by atoms with Gasteiger partial charge in [-0.3, -0.25) is 0 Å². The molecule has 0 fully saturated rings. The summed E-state index contributed by atoms with van der Waals surface area (Å²) in [5, 5.41) is 3.03. The minimum Gasteiger partial charge on any atom is -0.250 e. The Morgan fingerprint density at radius 2 is 2.31 bits per heavy atom. The molecule has 1 aliphatic rings. The highest BCUT2D eigenvalue weighted by molar-refractivity contribution is 7.13. The molecule has 0 aromatic carbocycles. The maximum atomic E-state index is 4.78. The predicted octanol–water partition coefficient (Wildman–Crippen LogP) is 3.64. The van der Waals surface area contributed by atoms with Gasteiger partial charge in [-0.2, -0.15) is 0 Å². The van der Waals surface area contributed by atoms with Crippen molar-refractivity contribution < 1.29 is 0 Å². The van der Waals surface area contributed by atoms with Crippen LogP contribution >= 0.6 is 11.3 Å². The van der Waals surface area contributed by atoms with E-state index in [1.54, 1.807) is 11.3 Å². The standard InChI is InChI=1S/C13H14N2S/c1-9-3-2-4-10-5-6-11(15-12(9)10)13-14-7-8-16-13/h5-9H,2-4H2,1H3/t9-/m1/s1. The Balaban J connectivity index is 2.07. The lowest BCUT2D eigenvalue weighted by atomic mass is 9.88. The summed E-state index contributed by atoms with van der Waals surface area (Å²) in [6.45, 7) is 2.27. The monoisotopic (exact) mass is 230 g/mol. The number of nitrogens with zero attached hydrogens (tertiary/aromatic N) is 2. The SMILES string of the molecule is C[C@@H]1CCCc2ccc(-c3nccs3)nc21. The van der Waals surface area contributed by atoms with Gasteiger partial charge >= 0.3 is 0 Å². The fourth-order valence-corrected chi connectivity index (χ4v) is 2.95. The van der Waals surface area contributed by atoms with Crippen molar-refractivity contribution in [3.05, 3.63) is 35.0 Å². The zero-order valence-electron chi connectivity index (χ0n) is 9.31. The van der Waals surface area contributed by atoms with Gasteiger partial charge in [0.05, 0.1) is 5.69 Å². The number of thiazole rings is 1. The average Bonchev–Trinajstić information content (AvgIpc) is 2.83. The van der Waals surface area contributed by atoms with Crippen LogP contribution in [0.15, 0.2) is 23.7 Å². The summed E-state index contributed by atoms with van der Waals surface area (Å²) in [6.07, 6.45) is 5.59. The number of hydrogen-bond donors (Lipinski definition) is 0. The van der Waals surface area contributed by atoms with E-state index in [1.807, 2.05) is 11.6 Å². The smallest absolute Gasteiger partial charge is 0.141 e. The molecule has 3 rings (SSSR count). The molecular weight excluding hydrogens is 216 g/mol. The molecule has 0 saturated heterocycles. The Labute approximate surface area is 99.4 Å². The zero-order chi connectivity index (χ0) is 11.0. The molecule has 1 atom stereocenters. The molecule has 1 aliphatic carbocycles. The number of aromatic nitrogens is 2. The molecule has 2 heterocycles. The molecule has 16 heavy (non-hydrogen) atoms. The lowest BCUT2D eigenvalue weighted by molar-refractivity contribution is 0.574. The van der Waals surface area contributed by atoms with E-state index in [0.29, 0.717) is 5.92 Å². The number of fused-ring (bicyclic) bond motifs is 1. The van der Waals surface area contributed by atoms with Gasteiger partial charge in [0.2, 0.25) is 0 Å². The fraction of sp³-hybridized carbons (Fsp3) is 0.385. The summed E-state index contributed by atoms with van der Waals surface area (Å²) in [7, 11) is 0. The summed E-state index contributed by atoms with van der Waals surface area (Å²) in [4.78, 5) is 9.10. The van der Waals surface area contributed by atoms with Gasteiger partial charge in [0.15, 0.2) is 0 Å². The zero-order valence-corrected chi connectivity index (χ0v) is 10.1. The van der Waals surface area contributed by atoms with Crippen LogP contribution in [0.3, 0.4) is 0 Å². The lowest BCUT2D eigenvalue weighted by Crippen LogP contribution is -2.09. The molecule has 2 aromatic rings. The first-order valence-corrected chi connectivity index (χ1v) is 6.62. The summed E-state index contributed by atoms with van der Waals surface area (Å²) >= 11 is 1.65. The van der Waals surface area contributed by atoms with Crippen LogP contribution in [0.25, 0.3) is 10.7 Å². The molecule has 0 spiro atoms. The van der Waals surface area contributed by atoms with Crippen LogP contribution in [0.1, 0.15) is 36.9 Å². The van der Waals surface area contributed by atoms with Crippen LogP contribution in [0.4, 0.5) is 0 Å². The third-order valence-electron chi connectivity index (χ3n) is 3.21. The molecule has 0 bridgehead atoms. The largest absolute Gasteiger partial charge is 0.250 e. The van der Waals surface area contributed by atoms with E-state index >= 15 is 0 Å². The van der Waals surface area contributed by atoms with Crippen molar-refractivity contribution in [2.45, 2.75) is 32.1 Å². The minimum atomic E-state index is 0.601. The van der Waals surface area contributed by atoms with E-state index in [2.05, 4.69) is 24.0 Å². The molecule has 0 N–H and O–H groups in total. The van der Waals surface area contributed by atoms with Crippen molar-refractivity contribution in [2.75, 3.05) is 0 Å². The van der Waals surface area contributed by atoms with Gasteiger partial charge in [0.1, 0.15) is 5.01 Å². The van der Waals surface area contributed by atoms with E-state index in [1.165, 1.54) is 30.5 Å². The van der Waals surface area contributed by atoms with E-state index in [0.717, 1.165) is 10.7 Å². The maximum absolute atomic E-state index is 4.78. The van der Waals surface area contributed by atoms with Crippen LogP contribution in [-0.4, -0.2) is 9.97 Å². The summed E-state index contributed by atoms with van der Waals surface area (Å²) in [6, 6.07) is 4.34. The first-order chi connectivity index (χ1) is 7.84. The van der Waals surface area contributed by atoms with Gasteiger partial charge in [-0.05, 0) is 36.8 Å². The molecule has 2 aromatic heterocycles. The lowest BCUT2D eigenvalue weighted by Gasteiger charge is -2.21. The van der Waals surface area contributed by atoms with Gasteiger partial charge in [-0.25, -0.2) is 9.97 Å². The van der Waals surface area contributed by atoms with Gasteiger partial charge in [0, 0.05) is 17.3 Å². The van der Waals surface area contributed by atoms with E-state index in [4.69, 9.17) is 4.98 Å². The van der Waals surface area contributed by atoms with Gasteiger partial charge in [0.25, 0.3) is 0 Å². The highest BCUT2D eigenvalue weighted by Gasteiger charge is 2.18. The second kappa shape index (κ2) is 3.98. The third-order valence-corrected chi connectivity index (χ3v) is 4.01. The summed E-state index contributed by atoms with van der Waals surface area (Å²) in [5.74, 6) is 0.601. The highest BCUT2D eigenvalue weighted by Crippen LogP contribution is 2.31. The molecule has 0 radical (unpaired) electrons. The molecule has 82 valence electrons. The van der Waals surface area contributed by atoms with Crippen LogP contribution < -0.4 is 0 Å². The first-order valence-electron chi connectivity index (χ1n) is 5.74. The highest BCUT2D eigenvalue weighted by atomic mass is 32.1. The number of pyridine rings is 1. The molecule has 0 aliphatic heterocycles. The van der Waals surface area contributed by atoms with Crippen molar-refractivity contribution >= 4 is 11.3 Å². The van der Waals surface area contributed by atoms with Gasteiger partial charge in [-0.15, -0.1) is 11.3 Å². The normalized spacial score (nSPS) is 19.4. The van der Waals surface area contributed by atoms with E-state index < -0.39 is 0 Å². The Morgan fingerprint density at radius 1 is 1.38 bits per heavy atom. The van der Waals surface area contributed by atoms with Crippen molar-refractivity contribution in [2.24, 2.45) is 0 Å². The van der Waals surface area contributed by atoms with E-state index in [-0.39, 0.29) is 0 Å². The van der Waals surface area contributed by atoms with Crippen LogP contribution in [0.5, 0.6) is 0 Å². The Morgan fingerprint density at radius 3 is 3.12 bits per heavy atom. The van der Waals surface area contributed by atoms with Crippen molar-refractivity contribution in [3.8, 4) is 10.7 Å². The van der Waals surface area contributed by atoms with Crippen LogP contribution in [0, 0.1) is 0 Å². The third kappa shape index (κ3) is 1.65. The molecule has 0 unspecified atom stereocenters. The summed E-state index contributed by atoms with van der Waals surface area (Å²) < 4.78 is 0. The van der Waals surface area contributed by atoms with Crippen LogP contribution in [0.2, 0.25) is 0 Å². The van der Waals surface area contributed by atoms with E-state index in [9.17, 15) is 0 Å². The molecule has 0 saturated carbocycles. The quantitative estimate of drug-likeness (QED) is 0.747. The number of aryl methyl sites for hydroxylation is 1. The second-order valence-corrected chi connectivity index (χ2v) is 5.27. The topological polar surface area (TPSA) is 25.8 Å². The van der Waals surface area contributed by atoms with Crippen molar-refractivity contribution in [1.29, 1.82) is 0 Å². The molecular formula is C13H14N2S. The molecule has 3 heteroatoms. The Kier molecular flexibility index (Phi) is 2.48. The fourth-order valence-electron chi connectivity index (χ4n) is 2.35. The summed E-state index contributed by atoms with van der Waals surface area (Å²) in [5.41, 5.74) is 3.75. The van der Waals surface area contributed by atoms with Crippen LogP contribution in [-0.2, 0) is 6.42 Å². The molecule has 0 amide bonds.